The number of ether oxygens (including phenoxy) is 1. The second-order valence-electron chi connectivity index (χ2n) is 8.30. The lowest BCUT2D eigenvalue weighted by molar-refractivity contribution is -0.137. The van der Waals surface area contributed by atoms with Crippen molar-refractivity contribution in [1.82, 2.24) is 4.72 Å². The maximum Gasteiger partial charge on any atom is 0.303 e. The fraction of sp³-hybridized carbons (Fsp3) is 0.522. The Morgan fingerprint density at radius 3 is 2.67 bits per heavy atom. The number of unbranched alkanes of at least 4 members (excludes halogenated alkanes) is 1. The molecule has 1 aromatic carbocycles. The number of carbonyl (C=O) groups is 1. The van der Waals surface area contributed by atoms with Crippen LogP contribution in [0.1, 0.15) is 50.5 Å². The van der Waals surface area contributed by atoms with Crippen LogP contribution in [0.5, 0.6) is 5.75 Å². The third-order valence-corrected chi connectivity index (χ3v) is 7.31. The Morgan fingerprint density at radius 1 is 1.23 bits per heavy atom. The molecule has 4 atom stereocenters. The zero-order chi connectivity index (χ0) is 21.6. The summed E-state index contributed by atoms with van der Waals surface area (Å²) in [6.45, 7) is 0. The Bertz CT molecular complexity index is 875. The molecule has 164 valence electrons. The van der Waals surface area contributed by atoms with Gasteiger partial charge >= 0.3 is 5.97 Å². The van der Waals surface area contributed by atoms with Crippen molar-refractivity contribution >= 4 is 22.1 Å². The van der Waals surface area contributed by atoms with Crippen molar-refractivity contribution in [3.63, 3.8) is 0 Å². The first-order chi connectivity index (χ1) is 14.4. The van der Waals surface area contributed by atoms with E-state index in [2.05, 4.69) is 16.9 Å². The summed E-state index contributed by atoms with van der Waals surface area (Å²) in [6.07, 6.45) is 11.6. The van der Waals surface area contributed by atoms with Gasteiger partial charge in [-0.1, -0.05) is 30.7 Å². The van der Waals surface area contributed by atoms with Crippen molar-refractivity contribution in [2.75, 3.05) is 7.11 Å². The van der Waals surface area contributed by atoms with E-state index in [1.54, 1.807) is 25.3 Å². The molecule has 30 heavy (non-hydrogen) atoms. The number of aliphatic carboxylic acids is 1. The van der Waals surface area contributed by atoms with Gasteiger partial charge in [0.15, 0.2) is 0 Å². The zero-order valence-corrected chi connectivity index (χ0v) is 18.2. The van der Waals surface area contributed by atoms with E-state index in [4.69, 9.17) is 9.84 Å². The molecule has 1 aromatic rings. The van der Waals surface area contributed by atoms with E-state index in [9.17, 15) is 13.2 Å². The molecule has 2 bridgehead atoms. The largest absolute Gasteiger partial charge is 0.497 e. The molecule has 0 spiro atoms. The number of carboxylic acids is 1. The number of allylic oxidation sites excluding steroid dienone is 2. The molecule has 7 heteroatoms. The van der Waals surface area contributed by atoms with Gasteiger partial charge in [0.25, 0.3) is 0 Å². The summed E-state index contributed by atoms with van der Waals surface area (Å²) >= 11 is 0. The molecule has 0 radical (unpaired) electrons. The molecule has 6 nitrogen and oxygen atoms in total. The highest BCUT2D eigenvalue weighted by Gasteiger charge is 2.42. The molecule has 0 saturated heterocycles. The van der Waals surface area contributed by atoms with Crippen molar-refractivity contribution < 1.29 is 23.1 Å². The molecule has 0 amide bonds. The molecule has 0 aromatic heterocycles. The van der Waals surface area contributed by atoms with E-state index in [-0.39, 0.29) is 12.5 Å². The molecule has 0 heterocycles. The first kappa shape index (κ1) is 22.6. The number of sulfonamides is 1. The van der Waals surface area contributed by atoms with Gasteiger partial charge in [-0.25, -0.2) is 13.1 Å². The average molecular weight is 434 g/mol. The zero-order valence-electron chi connectivity index (χ0n) is 17.4. The summed E-state index contributed by atoms with van der Waals surface area (Å²) in [5.74, 6) is 1.17. The molecule has 4 rings (SSSR count). The highest BCUT2D eigenvalue weighted by Crippen LogP contribution is 2.46. The molecule has 3 saturated carbocycles. The van der Waals surface area contributed by atoms with Gasteiger partial charge < -0.3 is 9.84 Å². The number of rotatable bonds is 10. The van der Waals surface area contributed by atoms with Crippen LogP contribution in [0.15, 0.2) is 41.8 Å². The molecule has 3 aliphatic rings. The van der Waals surface area contributed by atoms with Crippen molar-refractivity contribution in [3.8, 4) is 5.75 Å². The second-order valence-corrected chi connectivity index (χ2v) is 9.90. The van der Waals surface area contributed by atoms with Crippen LogP contribution in [-0.2, 0) is 14.8 Å². The number of methoxy groups -OCH3 is 1. The smallest absolute Gasteiger partial charge is 0.303 e. The van der Waals surface area contributed by atoms with Crippen LogP contribution >= 0.6 is 0 Å². The van der Waals surface area contributed by atoms with E-state index in [0.717, 1.165) is 43.4 Å². The maximum absolute atomic E-state index is 12.6. The molecule has 2 N–H and O–H groups in total. The lowest BCUT2D eigenvalue weighted by Crippen LogP contribution is -2.49. The SMILES string of the molecule is COc1ccc(C=CS(=O)(=O)NC2CC3CCC2C(C=CCCCC(=O)O)C3)cc1. The van der Waals surface area contributed by atoms with E-state index in [0.29, 0.717) is 24.2 Å². The molecule has 0 aliphatic heterocycles. The molecule has 4 unspecified atom stereocenters. The highest BCUT2D eigenvalue weighted by atomic mass is 32.2. The van der Waals surface area contributed by atoms with E-state index >= 15 is 0 Å². The summed E-state index contributed by atoms with van der Waals surface area (Å²) in [5, 5.41) is 9.97. The topological polar surface area (TPSA) is 92.7 Å². The molecule has 3 aliphatic carbocycles. The minimum atomic E-state index is -3.53. The van der Waals surface area contributed by atoms with E-state index in [1.807, 2.05) is 12.1 Å². The standard InChI is InChI=1S/C23H31NO5S/c1-29-20-10-7-17(8-11-20)13-14-30(27,28)24-22-16-18-9-12-21(22)19(15-18)5-3-2-4-6-23(25)26/h3,5,7-8,10-11,13-14,18-19,21-22,24H,2,4,6,9,12,15-16H2,1H3,(H,25,26). The minimum Gasteiger partial charge on any atom is -0.497 e. The van der Waals surface area contributed by atoms with Gasteiger partial charge in [0, 0.05) is 17.9 Å². The third kappa shape index (κ3) is 6.44. The number of hydrogen-bond donors (Lipinski definition) is 2. The van der Waals surface area contributed by atoms with Gasteiger partial charge in [-0.2, -0.15) is 0 Å². The van der Waals surface area contributed by atoms with Gasteiger partial charge in [-0.3, -0.25) is 4.79 Å². The van der Waals surface area contributed by atoms with E-state index in [1.165, 1.54) is 5.41 Å². The quantitative estimate of drug-likeness (QED) is 0.426. The monoisotopic (exact) mass is 433 g/mol. The van der Waals surface area contributed by atoms with E-state index < -0.39 is 16.0 Å². The fourth-order valence-electron chi connectivity index (χ4n) is 4.70. The van der Waals surface area contributed by atoms with Crippen LogP contribution in [0.2, 0.25) is 0 Å². The minimum absolute atomic E-state index is 0.0447. The third-order valence-electron chi connectivity index (χ3n) is 6.18. The van der Waals surface area contributed by atoms with Gasteiger partial charge in [0.1, 0.15) is 5.75 Å². The number of nitrogens with one attached hydrogen (secondary N) is 1. The van der Waals surface area contributed by atoms with Gasteiger partial charge in [-0.05, 0) is 73.6 Å². The summed E-state index contributed by atoms with van der Waals surface area (Å²) in [5.41, 5.74) is 0.800. The summed E-state index contributed by atoms with van der Waals surface area (Å²) in [6, 6.07) is 7.19. The van der Waals surface area contributed by atoms with Crippen molar-refractivity contribution in [2.45, 2.75) is 51.0 Å². The van der Waals surface area contributed by atoms with Crippen molar-refractivity contribution in [2.24, 2.45) is 17.8 Å². The number of benzene rings is 1. The lowest BCUT2D eigenvalue weighted by atomic mass is 9.62. The Balaban J connectivity index is 1.58. The molecular formula is C23H31NO5S. The van der Waals surface area contributed by atoms with Crippen molar-refractivity contribution in [3.05, 3.63) is 47.4 Å². The van der Waals surface area contributed by atoms with Crippen LogP contribution in [-0.4, -0.2) is 32.6 Å². The first-order valence-electron chi connectivity index (χ1n) is 10.6. The second kappa shape index (κ2) is 10.3. The predicted octanol–water partition coefficient (Wildman–Crippen LogP) is 4.20. The molecular weight excluding hydrogens is 402 g/mol. The van der Waals surface area contributed by atoms with Crippen LogP contribution in [0.3, 0.4) is 0 Å². The lowest BCUT2D eigenvalue weighted by Gasteiger charge is -2.46. The number of hydrogen-bond acceptors (Lipinski definition) is 4. The summed E-state index contributed by atoms with van der Waals surface area (Å²) in [4.78, 5) is 10.6. The Morgan fingerprint density at radius 2 is 2.00 bits per heavy atom. The van der Waals surface area contributed by atoms with Crippen LogP contribution in [0.4, 0.5) is 0 Å². The summed E-state index contributed by atoms with van der Waals surface area (Å²) < 4.78 is 33.3. The highest BCUT2D eigenvalue weighted by molar-refractivity contribution is 7.92. The predicted molar refractivity (Wildman–Crippen MR) is 117 cm³/mol. The Kier molecular flexibility index (Phi) is 7.72. The Hall–Kier alpha value is -2.12. The van der Waals surface area contributed by atoms with Gasteiger partial charge in [0.05, 0.1) is 7.11 Å². The van der Waals surface area contributed by atoms with Crippen LogP contribution in [0, 0.1) is 17.8 Å². The first-order valence-corrected chi connectivity index (χ1v) is 12.1. The molecule has 3 fully saturated rings. The average Bonchev–Trinajstić information content (AvgIpc) is 2.72. The Labute approximate surface area is 179 Å². The van der Waals surface area contributed by atoms with Crippen LogP contribution < -0.4 is 9.46 Å². The van der Waals surface area contributed by atoms with Gasteiger partial charge in [-0.15, -0.1) is 0 Å². The van der Waals surface area contributed by atoms with Crippen LogP contribution in [0.25, 0.3) is 6.08 Å². The fourth-order valence-corrected chi connectivity index (χ4v) is 5.81. The normalized spacial score (nSPS) is 26.4. The number of fused-ring (bicyclic) bond motifs is 3. The van der Waals surface area contributed by atoms with Crippen molar-refractivity contribution in [1.29, 1.82) is 0 Å². The maximum atomic E-state index is 12.6. The summed E-state index contributed by atoms with van der Waals surface area (Å²) in [7, 11) is -1.94. The number of carboxylic acid groups (broad SMARTS) is 1. The van der Waals surface area contributed by atoms with Gasteiger partial charge in [0.2, 0.25) is 10.0 Å².